The number of nitrogens with one attached hydrogen (secondary N) is 2. The molecule has 0 spiro atoms. The number of nitrogens with zero attached hydrogens (tertiary/aromatic N) is 1. The fourth-order valence-corrected chi connectivity index (χ4v) is 5.99. The van der Waals surface area contributed by atoms with E-state index in [9.17, 15) is 18.0 Å². The van der Waals surface area contributed by atoms with Gasteiger partial charge in [0.15, 0.2) is 0 Å². The second kappa shape index (κ2) is 9.05. The molecule has 9 heteroatoms. The summed E-state index contributed by atoms with van der Waals surface area (Å²) in [4.78, 5) is 27.8. The lowest BCUT2D eigenvalue weighted by Gasteiger charge is -2.32. The molecular weight excluding hydrogens is 450 g/mol. The van der Waals surface area contributed by atoms with Crippen LogP contribution in [0.5, 0.6) is 0 Å². The van der Waals surface area contributed by atoms with Crippen LogP contribution in [0, 0.1) is 0 Å². The molecule has 1 atom stereocenters. The second-order valence-corrected chi connectivity index (χ2v) is 10.3. The highest BCUT2D eigenvalue weighted by atomic mass is 35.5. The van der Waals surface area contributed by atoms with Gasteiger partial charge in [-0.15, -0.1) is 0 Å². The van der Waals surface area contributed by atoms with Gasteiger partial charge in [-0.25, -0.2) is 8.42 Å². The minimum absolute atomic E-state index is 0.0848. The molecule has 2 aromatic carbocycles. The number of halogens is 1. The van der Waals surface area contributed by atoms with Crippen molar-refractivity contribution in [3.8, 4) is 0 Å². The Morgan fingerprint density at radius 3 is 2.72 bits per heavy atom. The van der Waals surface area contributed by atoms with Crippen molar-refractivity contribution in [1.29, 1.82) is 0 Å². The van der Waals surface area contributed by atoms with Crippen molar-refractivity contribution < 1.29 is 13.2 Å². The molecule has 1 saturated heterocycles. The molecule has 32 heavy (non-hydrogen) atoms. The van der Waals surface area contributed by atoms with Crippen molar-refractivity contribution in [3.05, 3.63) is 75.0 Å². The van der Waals surface area contributed by atoms with E-state index in [-0.39, 0.29) is 23.0 Å². The van der Waals surface area contributed by atoms with Gasteiger partial charge in [0.2, 0.25) is 15.6 Å². The van der Waals surface area contributed by atoms with Crippen molar-refractivity contribution in [3.63, 3.8) is 0 Å². The van der Waals surface area contributed by atoms with Crippen molar-refractivity contribution in [2.24, 2.45) is 0 Å². The molecule has 0 radical (unpaired) electrons. The van der Waals surface area contributed by atoms with E-state index in [4.69, 9.17) is 11.6 Å². The number of hydrogen-bond acceptors (Lipinski definition) is 4. The molecule has 1 amide bonds. The van der Waals surface area contributed by atoms with Gasteiger partial charge in [0, 0.05) is 41.1 Å². The minimum atomic E-state index is -3.72. The molecule has 7 nitrogen and oxygen atoms in total. The first kappa shape index (κ1) is 22.5. The Morgan fingerprint density at radius 2 is 1.97 bits per heavy atom. The topological polar surface area (TPSA) is 99.3 Å². The summed E-state index contributed by atoms with van der Waals surface area (Å²) in [6, 6.07) is 12.7. The molecule has 1 aliphatic rings. The van der Waals surface area contributed by atoms with Crippen LogP contribution < -0.4 is 10.9 Å². The monoisotopic (exact) mass is 473 g/mol. The van der Waals surface area contributed by atoms with Crippen LogP contribution in [-0.2, 0) is 16.6 Å². The van der Waals surface area contributed by atoms with Gasteiger partial charge >= 0.3 is 0 Å². The SMILES string of the molecule is C[C@@H]1CCCCN1S(=O)(=O)c1ccc2[nH]c(=O)cc(C(=O)NCc3ccccc3Cl)c2c1. The van der Waals surface area contributed by atoms with Gasteiger partial charge in [-0.3, -0.25) is 9.59 Å². The Balaban J connectivity index is 1.70. The van der Waals surface area contributed by atoms with Crippen LogP contribution in [0.1, 0.15) is 42.1 Å². The number of carbonyl (C=O) groups is 1. The maximum Gasteiger partial charge on any atom is 0.252 e. The maximum atomic E-state index is 13.3. The number of benzene rings is 2. The minimum Gasteiger partial charge on any atom is -0.348 e. The summed E-state index contributed by atoms with van der Waals surface area (Å²) in [5.41, 5.74) is 0.797. The van der Waals surface area contributed by atoms with Crippen LogP contribution in [0.4, 0.5) is 0 Å². The number of fused-ring (bicyclic) bond motifs is 1. The Kier molecular flexibility index (Phi) is 6.37. The average molecular weight is 474 g/mol. The summed E-state index contributed by atoms with van der Waals surface area (Å²) >= 11 is 6.15. The van der Waals surface area contributed by atoms with Gasteiger partial charge in [0.1, 0.15) is 0 Å². The molecule has 1 aliphatic heterocycles. The first-order valence-electron chi connectivity index (χ1n) is 10.5. The summed E-state index contributed by atoms with van der Waals surface area (Å²) in [6.07, 6.45) is 2.64. The van der Waals surface area contributed by atoms with E-state index in [1.54, 1.807) is 18.2 Å². The summed E-state index contributed by atoms with van der Waals surface area (Å²) in [6.45, 7) is 2.55. The Labute approximate surface area is 191 Å². The lowest BCUT2D eigenvalue weighted by molar-refractivity contribution is 0.0952. The lowest BCUT2D eigenvalue weighted by atomic mass is 10.1. The number of sulfonamides is 1. The number of aromatic nitrogens is 1. The first-order valence-corrected chi connectivity index (χ1v) is 12.3. The van der Waals surface area contributed by atoms with Crippen molar-refractivity contribution in [2.45, 2.75) is 43.7 Å². The number of hydrogen-bond donors (Lipinski definition) is 2. The first-order chi connectivity index (χ1) is 15.3. The maximum absolute atomic E-state index is 13.3. The van der Waals surface area contributed by atoms with E-state index < -0.39 is 21.5 Å². The predicted octanol–water partition coefficient (Wildman–Crippen LogP) is 3.67. The zero-order chi connectivity index (χ0) is 22.9. The summed E-state index contributed by atoms with van der Waals surface area (Å²) < 4.78 is 28.1. The number of aromatic amines is 1. The Hall–Kier alpha value is -2.68. The van der Waals surface area contributed by atoms with Crippen LogP contribution >= 0.6 is 11.6 Å². The molecule has 1 aromatic heterocycles. The van der Waals surface area contributed by atoms with Crippen LogP contribution in [0.3, 0.4) is 0 Å². The van der Waals surface area contributed by atoms with E-state index in [2.05, 4.69) is 10.3 Å². The number of pyridine rings is 1. The molecule has 2 heterocycles. The molecule has 168 valence electrons. The lowest BCUT2D eigenvalue weighted by Crippen LogP contribution is -2.41. The molecule has 0 bridgehead atoms. The normalized spacial score (nSPS) is 17.4. The van der Waals surface area contributed by atoms with Crippen LogP contribution in [0.2, 0.25) is 5.02 Å². The number of rotatable bonds is 5. The van der Waals surface area contributed by atoms with E-state index in [0.29, 0.717) is 22.5 Å². The third-order valence-corrected chi connectivity index (χ3v) is 8.18. The standard InChI is InChI=1S/C23H24ClN3O4S/c1-15-6-4-5-11-27(15)32(30,31)17-9-10-21-18(12-17)19(13-22(28)26-21)23(29)25-14-16-7-2-3-8-20(16)24/h2-3,7-10,12-13,15H,4-6,11,14H2,1H3,(H,25,29)(H,26,28)/t15-/m1/s1. The molecular formula is C23H24ClN3O4S. The number of carbonyl (C=O) groups excluding carboxylic acids is 1. The molecule has 0 saturated carbocycles. The van der Waals surface area contributed by atoms with E-state index in [0.717, 1.165) is 24.8 Å². The van der Waals surface area contributed by atoms with Gasteiger partial charge in [-0.1, -0.05) is 36.2 Å². The zero-order valence-electron chi connectivity index (χ0n) is 17.6. The molecule has 0 aliphatic carbocycles. The summed E-state index contributed by atoms with van der Waals surface area (Å²) in [5.74, 6) is -0.484. The van der Waals surface area contributed by atoms with Gasteiger partial charge < -0.3 is 10.3 Å². The fourth-order valence-electron chi connectivity index (χ4n) is 4.06. The molecule has 4 rings (SSSR count). The molecule has 0 unspecified atom stereocenters. The average Bonchev–Trinajstić information content (AvgIpc) is 2.77. The largest absolute Gasteiger partial charge is 0.348 e. The highest BCUT2D eigenvalue weighted by Gasteiger charge is 2.31. The summed E-state index contributed by atoms with van der Waals surface area (Å²) in [5, 5.41) is 3.66. The van der Waals surface area contributed by atoms with Crippen molar-refractivity contribution in [2.75, 3.05) is 6.54 Å². The third kappa shape index (κ3) is 4.44. The quantitative estimate of drug-likeness (QED) is 0.590. The number of H-pyrrole nitrogens is 1. The van der Waals surface area contributed by atoms with Gasteiger partial charge in [-0.2, -0.15) is 4.31 Å². The zero-order valence-corrected chi connectivity index (χ0v) is 19.2. The van der Waals surface area contributed by atoms with Crippen molar-refractivity contribution >= 4 is 38.4 Å². The van der Waals surface area contributed by atoms with Gasteiger partial charge in [-0.05, 0) is 49.6 Å². The van der Waals surface area contributed by atoms with Crippen molar-refractivity contribution in [1.82, 2.24) is 14.6 Å². The van der Waals surface area contributed by atoms with E-state index in [1.165, 1.54) is 28.6 Å². The molecule has 3 aromatic rings. The van der Waals surface area contributed by atoms with E-state index >= 15 is 0 Å². The fraction of sp³-hybridized carbons (Fsp3) is 0.304. The molecule has 1 fully saturated rings. The van der Waals surface area contributed by atoms with Crippen LogP contribution in [0.15, 0.2) is 58.2 Å². The number of amides is 1. The predicted molar refractivity (Wildman–Crippen MR) is 124 cm³/mol. The highest BCUT2D eigenvalue weighted by molar-refractivity contribution is 7.89. The second-order valence-electron chi connectivity index (χ2n) is 7.99. The van der Waals surface area contributed by atoms with Crippen LogP contribution in [-0.4, -0.2) is 36.2 Å². The number of piperidine rings is 1. The van der Waals surface area contributed by atoms with Crippen LogP contribution in [0.25, 0.3) is 10.9 Å². The van der Waals surface area contributed by atoms with Gasteiger partial charge in [0.05, 0.1) is 10.5 Å². The highest BCUT2D eigenvalue weighted by Crippen LogP contribution is 2.27. The Morgan fingerprint density at radius 1 is 1.19 bits per heavy atom. The molecule has 2 N–H and O–H groups in total. The van der Waals surface area contributed by atoms with Gasteiger partial charge in [0.25, 0.3) is 5.91 Å². The third-order valence-electron chi connectivity index (χ3n) is 5.80. The smallest absolute Gasteiger partial charge is 0.252 e. The summed E-state index contributed by atoms with van der Waals surface area (Å²) in [7, 11) is -3.72. The Bertz CT molecular complexity index is 1340. The van der Waals surface area contributed by atoms with E-state index in [1.807, 2.05) is 13.0 Å².